The van der Waals surface area contributed by atoms with Crippen LogP contribution in [-0.2, 0) is 0 Å². The fourth-order valence-electron chi connectivity index (χ4n) is 6.78. The van der Waals surface area contributed by atoms with Crippen molar-refractivity contribution in [1.29, 1.82) is 0 Å². The van der Waals surface area contributed by atoms with Gasteiger partial charge in [0.15, 0.2) is 0 Å². The molecule has 0 atom stereocenters. The first-order valence-electron chi connectivity index (χ1n) is 15.8. The highest BCUT2D eigenvalue weighted by atomic mass is 19.1. The van der Waals surface area contributed by atoms with Gasteiger partial charge in [0, 0.05) is 32.7 Å². The van der Waals surface area contributed by atoms with Crippen LogP contribution in [0.3, 0.4) is 0 Å². The van der Waals surface area contributed by atoms with Crippen LogP contribution >= 0.6 is 0 Å². The van der Waals surface area contributed by atoms with Gasteiger partial charge < -0.3 is 0 Å². The number of rotatable bonds is 4. The molecular formula is C44H27FN2. The van der Waals surface area contributed by atoms with Crippen LogP contribution in [0.25, 0.3) is 88.1 Å². The molecule has 9 aromatic rings. The van der Waals surface area contributed by atoms with Crippen molar-refractivity contribution >= 4 is 43.4 Å². The van der Waals surface area contributed by atoms with Gasteiger partial charge in [0.1, 0.15) is 5.82 Å². The summed E-state index contributed by atoms with van der Waals surface area (Å²) in [4.78, 5) is 9.98. The molecule has 47 heavy (non-hydrogen) atoms. The molecule has 2 aromatic heterocycles. The molecule has 9 rings (SSSR count). The zero-order chi connectivity index (χ0) is 31.3. The summed E-state index contributed by atoms with van der Waals surface area (Å²) in [5.74, 6) is -0.259. The number of nitrogens with zero attached hydrogens (tertiary/aromatic N) is 2. The molecule has 2 nitrogen and oxygen atoms in total. The second-order valence-corrected chi connectivity index (χ2v) is 11.9. The average Bonchev–Trinajstić information content (AvgIpc) is 3.14. The number of halogens is 1. The minimum Gasteiger partial charge on any atom is -0.248 e. The molecule has 0 saturated heterocycles. The Hall–Kier alpha value is -6.19. The van der Waals surface area contributed by atoms with E-state index >= 15 is 0 Å². The van der Waals surface area contributed by atoms with Gasteiger partial charge in [-0.2, -0.15) is 0 Å². The minimum absolute atomic E-state index is 0.259. The van der Waals surface area contributed by atoms with Crippen LogP contribution in [0, 0.1) is 5.82 Å². The van der Waals surface area contributed by atoms with Crippen molar-refractivity contribution in [3.63, 3.8) is 0 Å². The molecule has 0 radical (unpaired) electrons. The molecule has 0 bridgehead atoms. The van der Waals surface area contributed by atoms with E-state index < -0.39 is 0 Å². The van der Waals surface area contributed by atoms with E-state index in [1.54, 1.807) is 0 Å². The quantitative estimate of drug-likeness (QED) is 0.187. The van der Waals surface area contributed by atoms with E-state index in [2.05, 4.69) is 115 Å². The predicted molar refractivity (Wildman–Crippen MR) is 194 cm³/mol. The fourth-order valence-corrected chi connectivity index (χ4v) is 6.78. The Morgan fingerprint density at radius 1 is 0.383 bits per heavy atom. The summed E-state index contributed by atoms with van der Waals surface area (Å²) in [7, 11) is 0. The number of pyridine rings is 2. The normalized spacial score (nSPS) is 11.5. The van der Waals surface area contributed by atoms with Crippen molar-refractivity contribution in [2.45, 2.75) is 0 Å². The Morgan fingerprint density at radius 3 is 1.70 bits per heavy atom. The second-order valence-electron chi connectivity index (χ2n) is 11.9. The maximum Gasteiger partial charge on any atom is 0.123 e. The molecule has 0 N–H and O–H groups in total. The third-order valence-corrected chi connectivity index (χ3v) is 9.13. The Labute approximate surface area is 271 Å². The number of benzene rings is 7. The third-order valence-electron chi connectivity index (χ3n) is 9.13. The van der Waals surface area contributed by atoms with Crippen LogP contribution in [0.5, 0.6) is 0 Å². The molecule has 0 aliphatic rings. The van der Waals surface area contributed by atoms with Crippen molar-refractivity contribution in [2.24, 2.45) is 0 Å². The molecular weight excluding hydrogens is 575 g/mol. The van der Waals surface area contributed by atoms with Crippen molar-refractivity contribution in [3.05, 3.63) is 170 Å². The lowest BCUT2D eigenvalue weighted by Gasteiger charge is -2.16. The summed E-state index contributed by atoms with van der Waals surface area (Å²) in [5.41, 5.74) is 10.3. The number of hydrogen-bond donors (Lipinski definition) is 0. The van der Waals surface area contributed by atoms with Crippen LogP contribution in [-0.4, -0.2) is 9.97 Å². The average molecular weight is 603 g/mol. The van der Waals surface area contributed by atoms with Gasteiger partial charge in [0.2, 0.25) is 0 Å². The zero-order valence-corrected chi connectivity index (χ0v) is 25.4. The number of para-hydroxylation sites is 2. The van der Waals surface area contributed by atoms with E-state index in [9.17, 15) is 4.39 Å². The minimum atomic E-state index is -0.259. The Balaban J connectivity index is 1.15. The summed E-state index contributed by atoms with van der Waals surface area (Å²) >= 11 is 0. The Morgan fingerprint density at radius 2 is 0.957 bits per heavy atom. The van der Waals surface area contributed by atoms with Gasteiger partial charge >= 0.3 is 0 Å². The topological polar surface area (TPSA) is 25.8 Å². The monoisotopic (exact) mass is 602 g/mol. The highest BCUT2D eigenvalue weighted by molar-refractivity contribution is 6.25. The maximum absolute atomic E-state index is 13.9. The number of fused-ring (bicyclic) bond motifs is 6. The smallest absolute Gasteiger partial charge is 0.123 e. The number of aromatic nitrogens is 2. The van der Waals surface area contributed by atoms with Crippen LogP contribution in [0.2, 0.25) is 0 Å². The lowest BCUT2D eigenvalue weighted by Crippen LogP contribution is -1.93. The standard InChI is InChI=1S/C44H27FN2/c45-34-24-21-33(22-25-34)44-39-27-38(35-8-2-3-9-36(35)43(39)37-10-4-6-12-42(37)47-44)30-17-13-28(14-18-30)29-15-19-32(20-16-29)41-26-23-31-7-1-5-11-40(31)46-41/h1-27H. The molecule has 3 heteroatoms. The van der Waals surface area contributed by atoms with Crippen LogP contribution < -0.4 is 0 Å². The molecule has 0 amide bonds. The summed E-state index contributed by atoms with van der Waals surface area (Å²) in [6.07, 6.45) is 0. The highest BCUT2D eigenvalue weighted by Crippen LogP contribution is 2.42. The summed E-state index contributed by atoms with van der Waals surface area (Å²) in [5, 5.41) is 6.81. The predicted octanol–water partition coefficient (Wildman–Crippen LogP) is 11.9. The first-order chi connectivity index (χ1) is 23.2. The van der Waals surface area contributed by atoms with E-state index in [-0.39, 0.29) is 5.82 Å². The van der Waals surface area contributed by atoms with E-state index in [0.29, 0.717) is 0 Å². The summed E-state index contributed by atoms with van der Waals surface area (Å²) in [6.45, 7) is 0. The first-order valence-corrected chi connectivity index (χ1v) is 15.8. The summed E-state index contributed by atoms with van der Waals surface area (Å²) in [6, 6.07) is 55.6. The molecule has 0 fully saturated rings. The lowest BCUT2D eigenvalue weighted by atomic mass is 9.89. The van der Waals surface area contributed by atoms with Crippen molar-refractivity contribution in [2.75, 3.05) is 0 Å². The molecule has 0 aliphatic heterocycles. The first kappa shape index (κ1) is 27.1. The molecule has 2 heterocycles. The molecule has 7 aromatic carbocycles. The van der Waals surface area contributed by atoms with Crippen molar-refractivity contribution in [1.82, 2.24) is 9.97 Å². The van der Waals surface area contributed by atoms with Crippen LogP contribution in [0.15, 0.2) is 164 Å². The lowest BCUT2D eigenvalue weighted by molar-refractivity contribution is 0.628. The molecule has 0 aliphatic carbocycles. The largest absolute Gasteiger partial charge is 0.248 e. The Kier molecular flexibility index (Phi) is 6.36. The van der Waals surface area contributed by atoms with Gasteiger partial charge in [-0.05, 0) is 81.6 Å². The van der Waals surface area contributed by atoms with E-state index in [0.717, 1.165) is 77.3 Å². The van der Waals surface area contributed by atoms with Gasteiger partial charge in [0.25, 0.3) is 0 Å². The Bertz CT molecular complexity index is 2610. The van der Waals surface area contributed by atoms with Crippen molar-refractivity contribution < 1.29 is 4.39 Å². The second kappa shape index (κ2) is 11.0. The highest BCUT2D eigenvalue weighted by Gasteiger charge is 2.17. The van der Waals surface area contributed by atoms with Crippen LogP contribution in [0.1, 0.15) is 0 Å². The fraction of sp³-hybridized carbons (Fsp3) is 0. The van der Waals surface area contributed by atoms with Gasteiger partial charge in [-0.3, -0.25) is 0 Å². The maximum atomic E-state index is 13.9. The van der Waals surface area contributed by atoms with Gasteiger partial charge in [-0.25, -0.2) is 14.4 Å². The molecule has 0 spiro atoms. The van der Waals surface area contributed by atoms with Gasteiger partial charge in [-0.15, -0.1) is 0 Å². The van der Waals surface area contributed by atoms with E-state index in [4.69, 9.17) is 9.97 Å². The van der Waals surface area contributed by atoms with E-state index in [1.807, 2.05) is 36.4 Å². The molecule has 0 unspecified atom stereocenters. The van der Waals surface area contributed by atoms with Gasteiger partial charge in [-0.1, -0.05) is 115 Å². The van der Waals surface area contributed by atoms with E-state index in [1.165, 1.54) is 22.9 Å². The van der Waals surface area contributed by atoms with Crippen molar-refractivity contribution in [3.8, 4) is 44.8 Å². The van der Waals surface area contributed by atoms with Crippen LogP contribution in [0.4, 0.5) is 4.39 Å². The number of hydrogen-bond acceptors (Lipinski definition) is 2. The third kappa shape index (κ3) is 4.72. The SMILES string of the molecule is Fc1ccc(-c2nc3ccccc3c3c2cc(-c2ccc(-c4ccc(-c5ccc6ccccc6n5)cc4)cc2)c2ccccc23)cc1. The molecule has 220 valence electrons. The van der Waals surface area contributed by atoms with Gasteiger partial charge in [0.05, 0.1) is 22.4 Å². The molecule has 0 saturated carbocycles. The summed E-state index contributed by atoms with van der Waals surface area (Å²) < 4.78 is 13.9. The zero-order valence-electron chi connectivity index (χ0n) is 25.4.